The molecule has 2 aromatic rings. The van der Waals surface area contributed by atoms with Crippen LogP contribution < -0.4 is 4.72 Å². The molecule has 1 aromatic heterocycles. The molecule has 1 amide bonds. The third-order valence-electron chi connectivity index (χ3n) is 2.88. The predicted octanol–water partition coefficient (Wildman–Crippen LogP) is 4.36. The Bertz CT molecular complexity index is 650. The van der Waals surface area contributed by atoms with Crippen molar-refractivity contribution in [2.45, 2.75) is 25.9 Å². The van der Waals surface area contributed by atoms with E-state index in [-0.39, 0.29) is 11.5 Å². The highest BCUT2D eigenvalue weighted by Crippen LogP contribution is 2.29. The molecular weight excluding hydrogens is 301 g/mol. The fourth-order valence-corrected chi connectivity index (χ4v) is 2.95. The largest absolute Gasteiger partial charge is 0.416 e. The molecule has 0 bridgehead atoms. The number of hydrogen-bond donors (Lipinski definition) is 1. The van der Waals surface area contributed by atoms with Crippen molar-refractivity contribution in [2.24, 2.45) is 0 Å². The van der Waals surface area contributed by atoms with Gasteiger partial charge in [-0.25, -0.2) is 0 Å². The molecule has 0 saturated heterocycles. The van der Waals surface area contributed by atoms with Gasteiger partial charge in [-0.15, -0.1) is 4.72 Å². The third kappa shape index (κ3) is 3.81. The number of rotatable bonds is 3. The second kappa shape index (κ2) is 5.85. The van der Waals surface area contributed by atoms with E-state index in [0.717, 1.165) is 17.7 Å². The van der Waals surface area contributed by atoms with E-state index in [1.807, 2.05) is 19.2 Å². The van der Waals surface area contributed by atoms with Crippen LogP contribution in [0.1, 0.15) is 41.3 Å². The summed E-state index contributed by atoms with van der Waals surface area (Å²) in [6, 6.07) is 4.34. The van der Waals surface area contributed by atoms with Crippen LogP contribution in [0.3, 0.4) is 0 Å². The molecule has 0 aliphatic carbocycles. The van der Waals surface area contributed by atoms with E-state index in [1.54, 1.807) is 6.20 Å². The van der Waals surface area contributed by atoms with Crippen molar-refractivity contribution in [3.63, 3.8) is 0 Å². The van der Waals surface area contributed by atoms with Crippen molar-refractivity contribution in [3.8, 4) is 0 Å². The Hall–Kier alpha value is -1.89. The zero-order chi connectivity index (χ0) is 15.6. The number of benzene rings is 1. The fourth-order valence-electron chi connectivity index (χ4n) is 1.64. The minimum absolute atomic E-state index is 0.0288. The van der Waals surface area contributed by atoms with Crippen LogP contribution in [0.4, 0.5) is 13.2 Å². The highest BCUT2D eigenvalue weighted by molar-refractivity contribution is 7.28. The summed E-state index contributed by atoms with van der Waals surface area (Å²) in [5, 5.41) is 1.82. The van der Waals surface area contributed by atoms with Gasteiger partial charge in [0.1, 0.15) is 0 Å². The van der Waals surface area contributed by atoms with Gasteiger partial charge in [-0.2, -0.15) is 13.2 Å². The van der Waals surface area contributed by atoms with Gasteiger partial charge in [-0.3, -0.25) is 4.79 Å². The average Bonchev–Trinajstić information content (AvgIpc) is 2.86. The van der Waals surface area contributed by atoms with Crippen LogP contribution in [0.15, 0.2) is 35.8 Å². The lowest BCUT2D eigenvalue weighted by Crippen LogP contribution is -2.13. The van der Waals surface area contributed by atoms with Crippen molar-refractivity contribution in [2.75, 3.05) is 4.72 Å². The van der Waals surface area contributed by atoms with Crippen molar-refractivity contribution >= 4 is 16.8 Å². The van der Waals surface area contributed by atoms with E-state index in [1.165, 1.54) is 12.1 Å². The van der Waals surface area contributed by atoms with Gasteiger partial charge in [0.25, 0.3) is 5.91 Å². The number of nitrogens with one attached hydrogen (secondary N) is 1. The summed E-state index contributed by atoms with van der Waals surface area (Å²) in [4.78, 5) is 12.0. The van der Waals surface area contributed by atoms with Crippen LogP contribution in [-0.2, 0) is 6.18 Å². The smallest absolute Gasteiger partial charge is 0.265 e. The summed E-state index contributed by atoms with van der Waals surface area (Å²) in [5.41, 5.74) is 0.133. The minimum Gasteiger partial charge on any atom is -0.265 e. The molecule has 7 heteroatoms. The first-order valence-electron chi connectivity index (χ1n) is 6.24. The standard InChI is InChI=1S/C14H13F3N2OS/c1-9(2)11-7-18-21(8-11)19-13(20)10-4-3-5-12(6-10)14(15,16)17/h3-9H,1-2H3/p+1. The molecule has 1 unspecified atom stereocenters. The van der Waals surface area contributed by atoms with Crippen molar-refractivity contribution in [1.29, 1.82) is 0 Å². The van der Waals surface area contributed by atoms with Crippen LogP contribution in [0.2, 0.25) is 0 Å². The number of carbonyl (C=O) groups excluding carboxylic acids is 1. The summed E-state index contributed by atoms with van der Waals surface area (Å²) in [6.45, 7) is 4.00. The third-order valence-corrected chi connectivity index (χ3v) is 4.10. The lowest BCUT2D eigenvalue weighted by Gasteiger charge is -2.06. The number of halogens is 3. The Labute approximate surface area is 123 Å². The van der Waals surface area contributed by atoms with Gasteiger partial charge in [0.2, 0.25) is 10.9 Å². The summed E-state index contributed by atoms with van der Waals surface area (Å²) in [6.07, 6.45) is -2.78. The molecule has 2 rings (SSSR count). The lowest BCUT2D eigenvalue weighted by molar-refractivity contribution is -0.137. The second-order valence-corrected chi connectivity index (χ2v) is 6.11. The van der Waals surface area contributed by atoms with E-state index < -0.39 is 28.5 Å². The summed E-state index contributed by atoms with van der Waals surface area (Å²) >= 11 is 0. The zero-order valence-corrected chi connectivity index (χ0v) is 12.3. The average molecular weight is 315 g/mol. The first-order chi connectivity index (χ1) is 9.77. The zero-order valence-electron chi connectivity index (χ0n) is 11.4. The van der Waals surface area contributed by atoms with Crippen LogP contribution >= 0.6 is 10.9 Å². The lowest BCUT2D eigenvalue weighted by atomic mass is 10.1. The fraction of sp³-hybridized carbons (Fsp3) is 0.286. The highest BCUT2D eigenvalue weighted by Gasteiger charge is 2.31. The quantitative estimate of drug-likeness (QED) is 0.855. The number of hydrogen-bond acceptors (Lipinski definition) is 2. The van der Waals surface area contributed by atoms with E-state index in [2.05, 4.69) is 9.10 Å². The summed E-state index contributed by atoms with van der Waals surface area (Å²) in [5.74, 6) is -0.278. The second-order valence-electron chi connectivity index (χ2n) is 4.83. The predicted molar refractivity (Wildman–Crippen MR) is 75.9 cm³/mol. The topological polar surface area (TPSA) is 42.0 Å². The number of aromatic nitrogens is 1. The molecule has 112 valence electrons. The van der Waals surface area contributed by atoms with Gasteiger partial charge in [-0.05, 0) is 28.5 Å². The van der Waals surface area contributed by atoms with E-state index in [4.69, 9.17) is 0 Å². The number of nitrogens with zero attached hydrogens (tertiary/aromatic N) is 1. The molecular formula is C14H14F3N2OS+. The maximum absolute atomic E-state index is 12.6. The van der Waals surface area contributed by atoms with Crippen molar-refractivity contribution < 1.29 is 18.0 Å². The molecule has 1 N–H and O–H groups in total. The number of carbonyl (C=O) groups is 1. The van der Waals surface area contributed by atoms with Gasteiger partial charge in [0.05, 0.1) is 11.8 Å². The number of alkyl halides is 3. The molecule has 1 heterocycles. The van der Waals surface area contributed by atoms with E-state index in [9.17, 15) is 18.0 Å². The molecule has 0 spiro atoms. The Morgan fingerprint density at radius 2 is 2.05 bits per heavy atom. The first kappa shape index (κ1) is 15.5. The highest BCUT2D eigenvalue weighted by atomic mass is 32.2. The van der Waals surface area contributed by atoms with Gasteiger partial charge in [-0.1, -0.05) is 19.9 Å². The molecule has 1 aromatic carbocycles. The number of amides is 1. The van der Waals surface area contributed by atoms with E-state index in [0.29, 0.717) is 0 Å². The molecule has 0 aliphatic rings. The van der Waals surface area contributed by atoms with Gasteiger partial charge < -0.3 is 0 Å². The van der Waals surface area contributed by atoms with Gasteiger partial charge in [0, 0.05) is 11.1 Å². The van der Waals surface area contributed by atoms with Crippen LogP contribution in [0.5, 0.6) is 0 Å². The Morgan fingerprint density at radius 1 is 1.33 bits per heavy atom. The van der Waals surface area contributed by atoms with Crippen LogP contribution in [-0.4, -0.2) is 10.3 Å². The Kier molecular flexibility index (Phi) is 4.32. The maximum Gasteiger partial charge on any atom is 0.416 e. The van der Waals surface area contributed by atoms with Gasteiger partial charge >= 0.3 is 6.18 Å². The van der Waals surface area contributed by atoms with Gasteiger partial charge in [0.15, 0.2) is 5.38 Å². The molecule has 0 fully saturated rings. The molecule has 3 nitrogen and oxygen atoms in total. The summed E-state index contributed by atoms with van der Waals surface area (Å²) in [7, 11) is -0.810. The normalized spacial score (nSPS) is 12.6. The molecule has 0 aliphatic heterocycles. The van der Waals surface area contributed by atoms with Crippen LogP contribution in [0, 0.1) is 0 Å². The minimum atomic E-state index is -4.46. The Balaban J connectivity index is 2.16. The van der Waals surface area contributed by atoms with E-state index >= 15 is 0 Å². The molecule has 21 heavy (non-hydrogen) atoms. The molecule has 0 radical (unpaired) electrons. The molecule has 1 atom stereocenters. The monoisotopic (exact) mass is 315 g/mol. The Morgan fingerprint density at radius 3 is 2.62 bits per heavy atom. The summed E-state index contributed by atoms with van der Waals surface area (Å²) < 4.78 is 44.6. The van der Waals surface area contributed by atoms with Crippen LogP contribution in [0.25, 0.3) is 0 Å². The maximum atomic E-state index is 12.6. The van der Waals surface area contributed by atoms with Crippen molar-refractivity contribution in [1.82, 2.24) is 4.37 Å². The molecule has 0 saturated carbocycles. The SMILES string of the molecule is CC(C)c1cn[s+](NC(=O)c2cccc(C(F)(F)F)c2)c1. The first-order valence-corrected chi connectivity index (χ1v) is 7.49. The van der Waals surface area contributed by atoms with Crippen molar-refractivity contribution in [3.05, 3.63) is 52.5 Å².